The first kappa shape index (κ1) is 39.1. The summed E-state index contributed by atoms with van der Waals surface area (Å²) < 4.78 is 0. The Morgan fingerprint density at radius 1 is 0.760 bits per heavy atom. The summed E-state index contributed by atoms with van der Waals surface area (Å²) >= 11 is 0. The van der Waals surface area contributed by atoms with Crippen molar-refractivity contribution in [1.29, 1.82) is 0 Å². The van der Waals surface area contributed by atoms with Crippen molar-refractivity contribution in [2.24, 2.45) is 16.2 Å². The van der Waals surface area contributed by atoms with Gasteiger partial charge >= 0.3 is 5.97 Å². The predicted molar refractivity (Wildman–Crippen MR) is 116 cm³/mol. The number of Topliss-reactive ketones (excluding diaryl/α,β-unsaturated/α-hetero) is 1. The van der Waals surface area contributed by atoms with E-state index < -0.39 is 11.4 Å². The van der Waals surface area contributed by atoms with Crippen molar-refractivity contribution in [3.8, 4) is 0 Å². The monoisotopic (exact) mass is 362 g/mol. The van der Waals surface area contributed by atoms with Crippen LogP contribution in [0.5, 0.6) is 0 Å². The molecule has 0 spiro atoms. The van der Waals surface area contributed by atoms with Crippen molar-refractivity contribution >= 4 is 11.8 Å². The lowest BCUT2D eigenvalue weighted by Crippen LogP contribution is -2.18. The van der Waals surface area contributed by atoms with E-state index in [1.807, 2.05) is 0 Å². The SMILES string of the molecule is C.C.C.C=C(C)C(C)(C)C.CC(=O)CC(C)(C)C.CC(C)(C)C(=O)O. The molecule has 0 aromatic heterocycles. The summed E-state index contributed by atoms with van der Waals surface area (Å²) in [5.74, 6) is -0.481. The Morgan fingerprint density at radius 2 is 0.960 bits per heavy atom. The molecule has 3 nitrogen and oxygen atoms in total. The van der Waals surface area contributed by atoms with Crippen LogP contribution in [0.2, 0.25) is 0 Å². The van der Waals surface area contributed by atoms with Gasteiger partial charge in [0.05, 0.1) is 5.41 Å². The molecule has 0 heterocycles. The highest BCUT2D eigenvalue weighted by Crippen LogP contribution is 2.21. The van der Waals surface area contributed by atoms with Crippen LogP contribution in [-0.2, 0) is 9.59 Å². The summed E-state index contributed by atoms with van der Waals surface area (Å²) in [5.41, 5.74) is 1.14. The largest absolute Gasteiger partial charge is 0.481 e. The highest BCUT2D eigenvalue weighted by Gasteiger charge is 2.18. The normalized spacial score (nSPS) is 10.0. The van der Waals surface area contributed by atoms with Gasteiger partial charge in [-0.2, -0.15) is 0 Å². The Kier molecular flexibility index (Phi) is 23.7. The Balaban J connectivity index is -0.0000000512. The summed E-state index contributed by atoms with van der Waals surface area (Å²) in [6.07, 6.45) is 0.687. The van der Waals surface area contributed by atoms with Crippen molar-refractivity contribution in [3.63, 3.8) is 0 Å². The number of carboxylic acids is 1. The van der Waals surface area contributed by atoms with Gasteiger partial charge in [0, 0.05) is 6.42 Å². The Hall–Kier alpha value is -1.12. The molecule has 1 N–H and O–H groups in total. The number of allylic oxidation sites excluding steroid dienone is 1. The second kappa shape index (κ2) is 15.2. The third-order valence-electron chi connectivity index (χ3n) is 2.70. The van der Waals surface area contributed by atoms with Gasteiger partial charge in [-0.05, 0) is 45.4 Å². The fraction of sp³-hybridized carbons (Fsp3) is 0.818. The maximum absolute atomic E-state index is 10.5. The van der Waals surface area contributed by atoms with E-state index in [4.69, 9.17) is 5.11 Å². The topological polar surface area (TPSA) is 54.4 Å². The van der Waals surface area contributed by atoms with Gasteiger partial charge in [0.2, 0.25) is 0 Å². The third kappa shape index (κ3) is 39.6. The molecule has 0 bridgehead atoms. The van der Waals surface area contributed by atoms with Crippen molar-refractivity contribution in [2.75, 3.05) is 0 Å². The van der Waals surface area contributed by atoms with Crippen molar-refractivity contribution in [2.45, 2.75) is 105 Å². The molecule has 0 atom stereocenters. The number of aliphatic carboxylic acids is 1. The number of hydrogen-bond donors (Lipinski definition) is 1. The molecule has 0 aliphatic heterocycles. The molecular formula is C22H50O3. The second-order valence-electron chi connectivity index (χ2n) is 9.02. The molecule has 0 rings (SSSR count). The van der Waals surface area contributed by atoms with Gasteiger partial charge in [-0.1, -0.05) is 76.0 Å². The zero-order valence-corrected chi connectivity index (χ0v) is 16.7. The molecule has 0 aromatic rings. The van der Waals surface area contributed by atoms with Crippen LogP contribution in [0.4, 0.5) is 0 Å². The molecule has 0 amide bonds. The summed E-state index contributed by atoms with van der Waals surface area (Å²) in [6.45, 7) is 25.2. The van der Waals surface area contributed by atoms with E-state index in [0.717, 1.165) is 0 Å². The van der Waals surface area contributed by atoms with Gasteiger partial charge in [0.1, 0.15) is 5.78 Å². The maximum Gasteiger partial charge on any atom is 0.308 e. The fourth-order valence-electron chi connectivity index (χ4n) is 0.747. The van der Waals surface area contributed by atoms with Gasteiger partial charge in [-0.3, -0.25) is 4.79 Å². The molecule has 3 heteroatoms. The smallest absolute Gasteiger partial charge is 0.308 e. The van der Waals surface area contributed by atoms with Crippen LogP contribution in [0.1, 0.15) is 105 Å². The average Bonchev–Trinajstić information content (AvgIpc) is 2.11. The number of hydrogen-bond acceptors (Lipinski definition) is 2. The van der Waals surface area contributed by atoms with E-state index in [-0.39, 0.29) is 33.5 Å². The second-order valence-corrected chi connectivity index (χ2v) is 9.02. The summed E-state index contributed by atoms with van der Waals surface area (Å²) in [5, 5.41) is 8.25. The first-order chi connectivity index (χ1) is 9.30. The van der Waals surface area contributed by atoms with E-state index >= 15 is 0 Å². The van der Waals surface area contributed by atoms with E-state index in [1.165, 1.54) is 5.57 Å². The molecule has 0 saturated carbocycles. The fourth-order valence-corrected chi connectivity index (χ4v) is 0.747. The van der Waals surface area contributed by atoms with Gasteiger partial charge in [0.25, 0.3) is 0 Å². The van der Waals surface area contributed by atoms with Crippen molar-refractivity contribution in [1.82, 2.24) is 0 Å². The van der Waals surface area contributed by atoms with Crippen LogP contribution in [0, 0.1) is 16.2 Å². The van der Waals surface area contributed by atoms with E-state index in [1.54, 1.807) is 27.7 Å². The van der Waals surface area contributed by atoms with Crippen LogP contribution in [-0.4, -0.2) is 16.9 Å². The molecule has 0 aliphatic carbocycles. The molecule has 0 radical (unpaired) electrons. The molecular weight excluding hydrogens is 312 g/mol. The Morgan fingerprint density at radius 3 is 0.960 bits per heavy atom. The quantitative estimate of drug-likeness (QED) is 0.487. The van der Waals surface area contributed by atoms with E-state index in [2.05, 4.69) is 55.0 Å². The van der Waals surface area contributed by atoms with Crippen LogP contribution >= 0.6 is 0 Å². The summed E-state index contributed by atoms with van der Waals surface area (Å²) in [7, 11) is 0. The van der Waals surface area contributed by atoms with E-state index in [0.29, 0.717) is 11.8 Å². The third-order valence-corrected chi connectivity index (χ3v) is 2.70. The Labute approximate surface area is 160 Å². The van der Waals surface area contributed by atoms with Gasteiger partial charge in [0.15, 0.2) is 0 Å². The average molecular weight is 363 g/mol. The van der Waals surface area contributed by atoms with Gasteiger partial charge < -0.3 is 9.90 Å². The zero-order valence-electron chi connectivity index (χ0n) is 16.7. The Bertz CT molecular complexity index is 334. The lowest BCUT2D eigenvalue weighted by Gasteiger charge is -2.16. The maximum atomic E-state index is 10.5. The predicted octanol–water partition coefficient (Wildman–Crippen LogP) is 7.65. The first-order valence-corrected chi connectivity index (χ1v) is 7.69. The number of carboxylic acid groups (broad SMARTS) is 1. The van der Waals surface area contributed by atoms with Crippen LogP contribution in [0.15, 0.2) is 12.2 Å². The molecule has 0 unspecified atom stereocenters. The number of ketones is 1. The van der Waals surface area contributed by atoms with Gasteiger partial charge in [-0.25, -0.2) is 0 Å². The molecule has 0 saturated heterocycles. The lowest BCUT2D eigenvalue weighted by atomic mass is 9.89. The van der Waals surface area contributed by atoms with E-state index in [9.17, 15) is 9.59 Å². The highest BCUT2D eigenvalue weighted by molar-refractivity contribution is 5.76. The minimum atomic E-state index is -0.757. The number of carbonyl (C=O) groups is 2. The highest BCUT2D eigenvalue weighted by atomic mass is 16.4. The van der Waals surface area contributed by atoms with Crippen LogP contribution in [0.3, 0.4) is 0 Å². The molecule has 0 fully saturated rings. The number of rotatable bonds is 1. The molecule has 0 aromatic carbocycles. The molecule has 25 heavy (non-hydrogen) atoms. The lowest BCUT2D eigenvalue weighted by molar-refractivity contribution is -0.145. The molecule has 156 valence electrons. The van der Waals surface area contributed by atoms with Gasteiger partial charge in [-0.15, -0.1) is 0 Å². The minimum absolute atomic E-state index is 0. The summed E-state index contributed by atoms with van der Waals surface area (Å²) in [4.78, 5) is 20.5. The zero-order chi connectivity index (χ0) is 18.9. The minimum Gasteiger partial charge on any atom is -0.481 e. The van der Waals surface area contributed by atoms with Crippen molar-refractivity contribution in [3.05, 3.63) is 12.2 Å². The first-order valence-electron chi connectivity index (χ1n) is 7.69. The van der Waals surface area contributed by atoms with Crippen LogP contribution in [0.25, 0.3) is 0 Å². The standard InChI is InChI=1S/C7H14O.C7H14.C5H10O2.3CH4/c1-6(8)5-7(2,3)4;1-6(2)7(3,4)5;1-5(2,3)4(6)7;;;/h5H2,1-4H3;1H2,2-5H3;1-3H3,(H,6,7);3*1H4. The van der Waals surface area contributed by atoms with Crippen molar-refractivity contribution < 1.29 is 14.7 Å². The van der Waals surface area contributed by atoms with Crippen LogP contribution < -0.4 is 0 Å². The summed E-state index contributed by atoms with van der Waals surface area (Å²) in [6, 6.07) is 0. The molecule has 0 aliphatic rings. The number of carbonyl (C=O) groups excluding carboxylic acids is 1.